The molecular formula is C19H18F3N3O2. The SMILES string of the molecule is C=CCN1C(=O)N[C@@H](c2ccc(C(F)(F)F)cc2)C2=C1CN(C1CC1)C2=O. The molecule has 0 bridgehead atoms. The molecule has 0 radical (unpaired) electrons. The summed E-state index contributed by atoms with van der Waals surface area (Å²) in [6, 6.07) is 3.60. The number of carbonyl (C=O) groups excluding carboxylic acids is 2. The van der Waals surface area contributed by atoms with E-state index in [1.807, 2.05) is 0 Å². The average Bonchev–Trinajstić information content (AvgIpc) is 3.40. The van der Waals surface area contributed by atoms with E-state index in [2.05, 4.69) is 11.9 Å². The summed E-state index contributed by atoms with van der Waals surface area (Å²) in [6.07, 6.45) is -1.00. The first-order valence-corrected chi connectivity index (χ1v) is 8.71. The van der Waals surface area contributed by atoms with Crippen LogP contribution in [-0.2, 0) is 11.0 Å². The highest BCUT2D eigenvalue weighted by Gasteiger charge is 2.47. The lowest BCUT2D eigenvalue weighted by molar-refractivity contribution is -0.137. The Morgan fingerprint density at radius 2 is 1.85 bits per heavy atom. The number of hydrogen-bond donors (Lipinski definition) is 1. The first-order valence-electron chi connectivity index (χ1n) is 8.71. The number of hydrogen-bond acceptors (Lipinski definition) is 2. The van der Waals surface area contributed by atoms with Crippen LogP contribution in [0.4, 0.5) is 18.0 Å². The Bertz CT molecular complexity index is 841. The molecule has 1 atom stereocenters. The van der Waals surface area contributed by atoms with E-state index in [-0.39, 0.29) is 24.5 Å². The highest BCUT2D eigenvalue weighted by Crippen LogP contribution is 2.41. The third kappa shape index (κ3) is 2.98. The van der Waals surface area contributed by atoms with Crippen LogP contribution in [0.5, 0.6) is 0 Å². The van der Waals surface area contributed by atoms with Gasteiger partial charge in [-0.15, -0.1) is 6.58 Å². The van der Waals surface area contributed by atoms with Gasteiger partial charge in [0.05, 0.1) is 29.4 Å². The molecule has 0 aromatic heterocycles. The van der Waals surface area contributed by atoms with Crippen LogP contribution in [0.15, 0.2) is 48.2 Å². The van der Waals surface area contributed by atoms with E-state index in [0.29, 0.717) is 23.4 Å². The molecule has 5 nitrogen and oxygen atoms in total. The molecule has 1 aliphatic carbocycles. The minimum Gasteiger partial charge on any atom is -0.330 e. The Balaban J connectivity index is 1.73. The first-order chi connectivity index (χ1) is 12.8. The number of carbonyl (C=O) groups is 2. The van der Waals surface area contributed by atoms with Crippen molar-refractivity contribution in [3.05, 3.63) is 59.3 Å². The van der Waals surface area contributed by atoms with Crippen molar-refractivity contribution in [2.24, 2.45) is 0 Å². The van der Waals surface area contributed by atoms with Gasteiger partial charge in [0.1, 0.15) is 0 Å². The molecule has 8 heteroatoms. The molecule has 1 N–H and O–H groups in total. The lowest BCUT2D eigenvalue weighted by Crippen LogP contribution is -2.47. The van der Waals surface area contributed by atoms with Crippen molar-refractivity contribution in [3.63, 3.8) is 0 Å². The number of urea groups is 1. The number of rotatable bonds is 4. The largest absolute Gasteiger partial charge is 0.416 e. The predicted molar refractivity (Wildman–Crippen MR) is 91.4 cm³/mol. The Kier molecular flexibility index (Phi) is 4.01. The van der Waals surface area contributed by atoms with Gasteiger partial charge in [-0.25, -0.2) is 4.79 Å². The van der Waals surface area contributed by atoms with E-state index in [1.165, 1.54) is 17.0 Å². The maximum Gasteiger partial charge on any atom is 0.416 e. The Morgan fingerprint density at radius 3 is 2.41 bits per heavy atom. The molecule has 0 spiro atoms. The summed E-state index contributed by atoms with van der Waals surface area (Å²) in [7, 11) is 0. The molecule has 1 aromatic carbocycles. The van der Waals surface area contributed by atoms with Crippen molar-refractivity contribution < 1.29 is 22.8 Å². The molecule has 3 amide bonds. The fourth-order valence-corrected chi connectivity index (χ4v) is 3.63. The number of amides is 3. The number of alkyl halides is 3. The molecular weight excluding hydrogens is 359 g/mol. The molecule has 0 saturated heterocycles. The summed E-state index contributed by atoms with van der Waals surface area (Å²) in [5, 5.41) is 2.76. The van der Waals surface area contributed by atoms with Crippen LogP contribution < -0.4 is 5.32 Å². The third-order valence-electron chi connectivity index (χ3n) is 5.12. The monoisotopic (exact) mass is 377 g/mol. The van der Waals surface area contributed by atoms with Crippen LogP contribution in [0, 0.1) is 0 Å². The fraction of sp³-hybridized carbons (Fsp3) is 0.368. The first kappa shape index (κ1) is 17.6. The maximum absolute atomic E-state index is 13.0. The quantitative estimate of drug-likeness (QED) is 0.820. The smallest absolute Gasteiger partial charge is 0.330 e. The molecule has 142 valence electrons. The van der Waals surface area contributed by atoms with Gasteiger partial charge in [-0.1, -0.05) is 18.2 Å². The number of nitrogens with one attached hydrogen (secondary N) is 1. The van der Waals surface area contributed by atoms with E-state index in [0.717, 1.165) is 25.0 Å². The van der Waals surface area contributed by atoms with Gasteiger partial charge in [-0.05, 0) is 30.5 Å². The van der Waals surface area contributed by atoms with E-state index in [1.54, 1.807) is 11.0 Å². The number of halogens is 3. The molecule has 3 aliphatic rings. The highest BCUT2D eigenvalue weighted by atomic mass is 19.4. The van der Waals surface area contributed by atoms with E-state index < -0.39 is 17.8 Å². The zero-order valence-electron chi connectivity index (χ0n) is 14.4. The topological polar surface area (TPSA) is 52.7 Å². The van der Waals surface area contributed by atoms with Gasteiger partial charge in [0, 0.05) is 12.6 Å². The summed E-state index contributed by atoms with van der Waals surface area (Å²) >= 11 is 0. The van der Waals surface area contributed by atoms with Gasteiger partial charge in [0.25, 0.3) is 5.91 Å². The van der Waals surface area contributed by atoms with Crippen LogP contribution in [0.25, 0.3) is 0 Å². The summed E-state index contributed by atoms with van der Waals surface area (Å²) in [5.41, 5.74) is 0.727. The van der Waals surface area contributed by atoms with E-state index in [9.17, 15) is 22.8 Å². The van der Waals surface area contributed by atoms with Crippen molar-refractivity contribution >= 4 is 11.9 Å². The average molecular weight is 377 g/mol. The second-order valence-electron chi connectivity index (χ2n) is 6.93. The van der Waals surface area contributed by atoms with Crippen LogP contribution in [0.1, 0.15) is 30.0 Å². The normalized spacial score (nSPS) is 22.9. The van der Waals surface area contributed by atoms with Gasteiger partial charge in [0.15, 0.2) is 0 Å². The zero-order valence-corrected chi connectivity index (χ0v) is 14.4. The Hall–Kier alpha value is -2.77. The summed E-state index contributed by atoms with van der Waals surface area (Å²) in [4.78, 5) is 28.8. The van der Waals surface area contributed by atoms with Crippen LogP contribution in [0.3, 0.4) is 0 Å². The Morgan fingerprint density at radius 1 is 1.19 bits per heavy atom. The molecule has 1 aromatic rings. The second-order valence-corrected chi connectivity index (χ2v) is 6.93. The van der Waals surface area contributed by atoms with Crippen LogP contribution >= 0.6 is 0 Å². The molecule has 2 heterocycles. The zero-order chi connectivity index (χ0) is 19.3. The van der Waals surface area contributed by atoms with Crippen molar-refractivity contribution in [2.75, 3.05) is 13.1 Å². The van der Waals surface area contributed by atoms with Crippen LogP contribution in [0.2, 0.25) is 0 Å². The van der Waals surface area contributed by atoms with Crippen molar-refractivity contribution in [2.45, 2.75) is 31.1 Å². The molecule has 1 saturated carbocycles. The molecule has 27 heavy (non-hydrogen) atoms. The fourth-order valence-electron chi connectivity index (χ4n) is 3.63. The lowest BCUT2D eigenvalue weighted by atomic mass is 9.94. The van der Waals surface area contributed by atoms with E-state index in [4.69, 9.17) is 0 Å². The molecule has 1 fully saturated rings. The summed E-state index contributed by atoms with van der Waals surface area (Å²) < 4.78 is 38.5. The van der Waals surface area contributed by atoms with Gasteiger partial charge in [-0.3, -0.25) is 9.69 Å². The highest BCUT2D eigenvalue weighted by molar-refractivity contribution is 6.01. The molecule has 0 unspecified atom stereocenters. The third-order valence-corrected chi connectivity index (χ3v) is 5.12. The van der Waals surface area contributed by atoms with Crippen molar-refractivity contribution in [1.29, 1.82) is 0 Å². The maximum atomic E-state index is 13.0. The van der Waals surface area contributed by atoms with Crippen molar-refractivity contribution in [1.82, 2.24) is 15.1 Å². The van der Waals surface area contributed by atoms with E-state index >= 15 is 0 Å². The molecule has 4 rings (SSSR count). The predicted octanol–water partition coefficient (Wildman–Crippen LogP) is 3.22. The van der Waals surface area contributed by atoms with Gasteiger partial charge >= 0.3 is 12.2 Å². The summed E-state index contributed by atoms with van der Waals surface area (Å²) in [6.45, 7) is 4.25. The van der Waals surface area contributed by atoms with Gasteiger partial charge in [0.2, 0.25) is 0 Å². The number of benzene rings is 1. The summed E-state index contributed by atoms with van der Waals surface area (Å²) in [5.74, 6) is -0.161. The van der Waals surface area contributed by atoms with Crippen molar-refractivity contribution in [3.8, 4) is 0 Å². The van der Waals surface area contributed by atoms with Gasteiger partial charge < -0.3 is 10.2 Å². The lowest BCUT2D eigenvalue weighted by Gasteiger charge is -2.33. The second kappa shape index (κ2) is 6.14. The molecule has 2 aliphatic heterocycles. The standard InChI is InChI=1S/C19H18F3N3O2/c1-2-9-24-14-10-25(13-7-8-13)17(26)15(14)16(23-18(24)27)11-3-5-12(6-4-11)19(20,21)22/h2-6,13,16H,1,7-10H2,(H,23,27)/t16-/m0/s1. The van der Waals surface area contributed by atoms with Crippen LogP contribution in [-0.4, -0.2) is 40.9 Å². The minimum atomic E-state index is -4.44. The Labute approximate surface area is 154 Å². The minimum absolute atomic E-state index is 0.161. The number of nitrogens with zero attached hydrogens (tertiary/aromatic N) is 2. The van der Waals surface area contributed by atoms with Gasteiger partial charge in [-0.2, -0.15) is 13.2 Å².